The highest BCUT2D eigenvalue weighted by Crippen LogP contribution is 2.26. The van der Waals surface area contributed by atoms with Gasteiger partial charge in [0.2, 0.25) is 5.91 Å². The molecule has 0 aliphatic carbocycles. The summed E-state index contributed by atoms with van der Waals surface area (Å²) < 4.78 is 12.1. The van der Waals surface area contributed by atoms with Gasteiger partial charge >= 0.3 is 18.2 Å². The van der Waals surface area contributed by atoms with Gasteiger partial charge in [-0.25, -0.2) is 23.9 Å². The van der Waals surface area contributed by atoms with Gasteiger partial charge in [0.05, 0.1) is 17.9 Å². The molecule has 0 spiro atoms. The van der Waals surface area contributed by atoms with Crippen LogP contribution in [-0.2, 0) is 32.0 Å². The molecule has 4 N–H and O–H groups in total. The third-order valence-corrected chi connectivity index (χ3v) is 5.12. The van der Waals surface area contributed by atoms with Gasteiger partial charge in [-0.1, -0.05) is 0 Å². The van der Waals surface area contributed by atoms with Crippen LogP contribution in [0.2, 0.25) is 0 Å². The van der Waals surface area contributed by atoms with Crippen LogP contribution in [0, 0.1) is 0 Å². The van der Waals surface area contributed by atoms with Gasteiger partial charge in [-0.05, 0) is 67.3 Å². The second-order valence-corrected chi connectivity index (χ2v) is 10.5. The molecule has 0 radical (unpaired) electrons. The minimum absolute atomic E-state index is 0.0225. The quantitative estimate of drug-likeness (QED) is 0.480. The number of carboxylic acid groups (broad SMARTS) is 1. The fourth-order valence-corrected chi connectivity index (χ4v) is 3.55. The number of amides is 2. The molecule has 1 aliphatic heterocycles. The zero-order chi connectivity index (χ0) is 26.6. The molecule has 0 saturated heterocycles. The van der Waals surface area contributed by atoms with E-state index in [0.717, 1.165) is 0 Å². The molecule has 0 bridgehead atoms. The van der Waals surface area contributed by atoms with Crippen LogP contribution in [-0.4, -0.2) is 73.5 Å². The van der Waals surface area contributed by atoms with Crippen LogP contribution in [0.5, 0.6) is 0 Å². The monoisotopic (exact) mass is 495 g/mol. The first-order valence-corrected chi connectivity index (χ1v) is 11.6. The number of ether oxygens (including phenoxy) is 2. The standard InChI is InChI=1S/C23H37N5O7/c1-22(2,3)34-20(32)27-12-17-15(25-13-28(17)21(33)35-23(4,5)6)11-16(27)18(29)26-14(19(30)31)9-7-8-10-24/h13-14,16H,7-12,24H2,1-6H3,(H,26,29)(H,30,31)/t14-,16-/m0/s1. The summed E-state index contributed by atoms with van der Waals surface area (Å²) in [4.78, 5) is 56.0. The van der Waals surface area contributed by atoms with Crippen LogP contribution < -0.4 is 11.1 Å². The third kappa shape index (κ3) is 7.94. The SMILES string of the molecule is CC(C)(C)OC(=O)N1Cc2c(ncn2C(=O)OC(C)(C)C)C[C@H]1C(=O)N[C@@H](CCCCN)C(=O)O. The molecule has 2 rings (SSSR count). The fraction of sp³-hybridized carbons (Fsp3) is 0.696. The number of carbonyl (C=O) groups excluding carboxylic acids is 3. The lowest BCUT2D eigenvalue weighted by Crippen LogP contribution is -2.56. The molecule has 12 heteroatoms. The lowest BCUT2D eigenvalue weighted by molar-refractivity contribution is -0.143. The smallest absolute Gasteiger partial charge is 0.420 e. The Hall–Kier alpha value is -3.15. The summed E-state index contributed by atoms with van der Waals surface area (Å²) in [5.74, 6) is -1.82. The number of fused-ring (bicyclic) bond motifs is 1. The Morgan fingerprint density at radius 3 is 2.26 bits per heavy atom. The van der Waals surface area contributed by atoms with Crippen molar-refractivity contribution in [3.8, 4) is 0 Å². The molecule has 196 valence electrons. The summed E-state index contributed by atoms with van der Waals surface area (Å²) in [5.41, 5.74) is 4.73. The van der Waals surface area contributed by atoms with Gasteiger partial charge in [-0.3, -0.25) is 9.69 Å². The third-order valence-electron chi connectivity index (χ3n) is 5.12. The van der Waals surface area contributed by atoms with Crippen LogP contribution in [0.1, 0.15) is 72.2 Å². The molecule has 2 amide bonds. The number of rotatable bonds is 7. The van der Waals surface area contributed by atoms with Gasteiger partial charge in [0.25, 0.3) is 0 Å². The van der Waals surface area contributed by atoms with Gasteiger partial charge < -0.3 is 25.6 Å². The van der Waals surface area contributed by atoms with Crippen molar-refractivity contribution in [3.63, 3.8) is 0 Å². The lowest BCUT2D eigenvalue weighted by atomic mass is 10.0. The van der Waals surface area contributed by atoms with Crippen molar-refractivity contribution in [2.45, 2.75) is 97.1 Å². The summed E-state index contributed by atoms with van der Waals surface area (Å²) in [7, 11) is 0. The summed E-state index contributed by atoms with van der Waals surface area (Å²) in [6.07, 6.45) is 1.19. The lowest BCUT2D eigenvalue weighted by Gasteiger charge is -2.36. The molecule has 12 nitrogen and oxygen atoms in total. The zero-order valence-corrected chi connectivity index (χ0v) is 21.3. The Morgan fingerprint density at radius 1 is 1.11 bits per heavy atom. The second kappa shape index (κ2) is 11.1. The predicted molar refractivity (Wildman–Crippen MR) is 126 cm³/mol. The Labute approximate surface area is 205 Å². The number of aliphatic carboxylic acids is 1. The van der Waals surface area contributed by atoms with E-state index in [0.29, 0.717) is 30.8 Å². The molecular formula is C23H37N5O7. The predicted octanol–water partition coefficient (Wildman–Crippen LogP) is 2.03. The molecular weight excluding hydrogens is 458 g/mol. The van der Waals surface area contributed by atoms with Crippen molar-refractivity contribution in [1.82, 2.24) is 19.8 Å². The summed E-state index contributed by atoms with van der Waals surface area (Å²) >= 11 is 0. The first-order chi connectivity index (χ1) is 16.1. The molecule has 2 atom stereocenters. The van der Waals surface area contributed by atoms with Crippen molar-refractivity contribution in [3.05, 3.63) is 17.7 Å². The normalized spacial score (nSPS) is 16.8. The number of carbonyl (C=O) groups is 4. The molecule has 0 aromatic carbocycles. The van der Waals surface area contributed by atoms with Crippen molar-refractivity contribution in [2.75, 3.05) is 6.54 Å². The second-order valence-electron chi connectivity index (χ2n) is 10.5. The van der Waals surface area contributed by atoms with Crippen LogP contribution in [0.4, 0.5) is 9.59 Å². The first-order valence-electron chi connectivity index (χ1n) is 11.6. The number of nitrogens with zero attached hydrogens (tertiary/aromatic N) is 3. The number of aromatic nitrogens is 2. The minimum atomic E-state index is -1.18. The van der Waals surface area contributed by atoms with E-state index in [1.165, 1.54) is 15.8 Å². The van der Waals surface area contributed by atoms with Crippen molar-refractivity contribution in [1.29, 1.82) is 0 Å². The van der Waals surface area contributed by atoms with E-state index < -0.39 is 47.3 Å². The van der Waals surface area contributed by atoms with E-state index in [2.05, 4.69) is 10.3 Å². The Kier molecular flexibility index (Phi) is 8.88. The van der Waals surface area contributed by atoms with Crippen LogP contribution in [0.3, 0.4) is 0 Å². The van der Waals surface area contributed by atoms with Gasteiger partial charge in [0.15, 0.2) is 0 Å². The maximum Gasteiger partial charge on any atom is 0.420 e. The summed E-state index contributed by atoms with van der Waals surface area (Å²) in [6, 6.07) is -2.20. The molecule has 1 aliphatic rings. The fourth-order valence-electron chi connectivity index (χ4n) is 3.55. The van der Waals surface area contributed by atoms with E-state index in [1.807, 2.05) is 0 Å². The topological polar surface area (TPSA) is 166 Å². The van der Waals surface area contributed by atoms with Crippen molar-refractivity contribution < 1.29 is 33.8 Å². The number of hydrogen-bond donors (Lipinski definition) is 3. The summed E-state index contributed by atoms with van der Waals surface area (Å²) in [6.45, 7) is 10.5. The maximum absolute atomic E-state index is 13.2. The highest BCUT2D eigenvalue weighted by atomic mass is 16.6. The Balaban J connectivity index is 2.34. The average molecular weight is 496 g/mol. The molecule has 1 aromatic heterocycles. The first kappa shape index (κ1) is 28.1. The number of nitrogens with two attached hydrogens (primary N) is 1. The van der Waals surface area contributed by atoms with Gasteiger partial charge in [-0.2, -0.15) is 0 Å². The minimum Gasteiger partial charge on any atom is -0.480 e. The van der Waals surface area contributed by atoms with Crippen molar-refractivity contribution in [2.24, 2.45) is 5.73 Å². The van der Waals surface area contributed by atoms with Crippen LogP contribution in [0.15, 0.2) is 6.33 Å². The van der Waals surface area contributed by atoms with E-state index in [1.54, 1.807) is 41.5 Å². The van der Waals surface area contributed by atoms with Crippen molar-refractivity contribution >= 4 is 24.1 Å². The maximum atomic E-state index is 13.2. The average Bonchev–Trinajstić information content (AvgIpc) is 3.12. The largest absolute Gasteiger partial charge is 0.480 e. The van der Waals surface area contributed by atoms with Gasteiger partial charge in [0.1, 0.15) is 29.6 Å². The molecule has 2 heterocycles. The molecule has 0 unspecified atom stereocenters. The number of imidazole rings is 1. The van der Waals surface area contributed by atoms with E-state index >= 15 is 0 Å². The van der Waals surface area contributed by atoms with E-state index in [-0.39, 0.29) is 19.4 Å². The summed E-state index contributed by atoms with van der Waals surface area (Å²) in [5, 5.41) is 12.1. The zero-order valence-electron chi connectivity index (χ0n) is 21.3. The highest BCUT2D eigenvalue weighted by molar-refractivity contribution is 5.90. The number of carboxylic acids is 1. The molecule has 0 fully saturated rings. The number of unbranched alkanes of at least 4 members (excludes halogenated alkanes) is 1. The van der Waals surface area contributed by atoms with Gasteiger partial charge in [-0.15, -0.1) is 0 Å². The number of nitrogens with one attached hydrogen (secondary N) is 1. The Bertz CT molecular complexity index is 945. The molecule has 1 aromatic rings. The van der Waals surface area contributed by atoms with Crippen LogP contribution in [0.25, 0.3) is 0 Å². The Morgan fingerprint density at radius 2 is 1.71 bits per heavy atom. The van der Waals surface area contributed by atoms with Gasteiger partial charge in [0, 0.05) is 6.42 Å². The number of hydrogen-bond acceptors (Lipinski definition) is 8. The van der Waals surface area contributed by atoms with E-state index in [4.69, 9.17) is 15.2 Å². The van der Waals surface area contributed by atoms with Crippen LogP contribution >= 0.6 is 0 Å². The molecule has 0 saturated carbocycles. The highest BCUT2D eigenvalue weighted by Gasteiger charge is 2.41. The van der Waals surface area contributed by atoms with E-state index in [9.17, 15) is 24.3 Å². The molecule has 35 heavy (non-hydrogen) atoms.